The number of nitrogens with two attached hydrogens (primary N) is 1. The van der Waals surface area contributed by atoms with Crippen molar-refractivity contribution in [3.05, 3.63) is 43.9 Å². The molecule has 2 N–H and O–H groups in total. The van der Waals surface area contributed by atoms with E-state index in [9.17, 15) is 0 Å². The zero-order valence-electron chi connectivity index (χ0n) is 8.68. The summed E-state index contributed by atoms with van der Waals surface area (Å²) in [6.45, 7) is 0. The molecular weight excluding hydrogens is 335 g/mol. The molecule has 0 fully saturated rings. The lowest BCUT2D eigenvalue weighted by molar-refractivity contribution is 0.412. The smallest absolute Gasteiger partial charge is 0.137 e. The second-order valence-electron chi connectivity index (χ2n) is 3.32. The first-order valence-corrected chi connectivity index (χ1v) is 6.65. The van der Waals surface area contributed by atoms with Gasteiger partial charge in [0, 0.05) is 6.20 Å². The van der Waals surface area contributed by atoms with Gasteiger partial charge in [0.15, 0.2) is 0 Å². The molecule has 0 aliphatic heterocycles. The predicted octanol–water partition coefficient (Wildman–Crippen LogP) is 2.80. The van der Waals surface area contributed by atoms with Crippen molar-refractivity contribution in [2.45, 2.75) is 6.04 Å². The average molecular weight is 346 g/mol. The average Bonchev–Trinajstić information content (AvgIpc) is 2.75. The summed E-state index contributed by atoms with van der Waals surface area (Å²) in [4.78, 5) is 4.11. The van der Waals surface area contributed by atoms with E-state index in [1.54, 1.807) is 30.8 Å². The van der Waals surface area contributed by atoms with Gasteiger partial charge in [-0.25, -0.2) is 0 Å². The Bertz CT molecular complexity index is 486. The number of thiophene rings is 1. The Balaban J connectivity index is 2.29. The number of hydrogen-bond acceptors (Lipinski definition) is 4. The Hall–Kier alpha value is -0.660. The van der Waals surface area contributed by atoms with E-state index >= 15 is 0 Å². The lowest BCUT2D eigenvalue weighted by atomic mass is 10.0. The van der Waals surface area contributed by atoms with Crippen molar-refractivity contribution >= 4 is 33.9 Å². The van der Waals surface area contributed by atoms with Gasteiger partial charge >= 0.3 is 0 Å². The lowest BCUT2D eigenvalue weighted by Gasteiger charge is -2.10. The van der Waals surface area contributed by atoms with Crippen LogP contribution in [0.5, 0.6) is 5.75 Å². The maximum Gasteiger partial charge on any atom is 0.137 e. The SMILES string of the molecule is COc1cncc(C(N)c2csc(I)c2)c1. The summed E-state index contributed by atoms with van der Waals surface area (Å²) in [6.07, 6.45) is 3.45. The minimum atomic E-state index is -0.137. The quantitative estimate of drug-likeness (QED) is 0.870. The summed E-state index contributed by atoms with van der Waals surface area (Å²) in [7, 11) is 1.62. The van der Waals surface area contributed by atoms with Gasteiger partial charge in [0.25, 0.3) is 0 Å². The van der Waals surface area contributed by atoms with Gasteiger partial charge in [0.2, 0.25) is 0 Å². The molecule has 0 saturated heterocycles. The largest absolute Gasteiger partial charge is 0.495 e. The Morgan fingerprint density at radius 1 is 1.38 bits per heavy atom. The Kier molecular flexibility index (Phi) is 3.78. The summed E-state index contributed by atoms with van der Waals surface area (Å²) < 4.78 is 6.36. The van der Waals surface area contributed by atoms with E-state index in [1.165, 1.54) is 2.88 Å². The fraction of sp³-hybridized carbons (Fsp3) is 0.182. The van der Waals surface area contributed by atoms with Crippen LogP contribution in [0.4, 0.5) is 0 Å². The van der Waals surface area contributed by atoms with Gasteiger partial charge in [0.05, 0.1) is 22.2 Å². The molecule has 1 atom stereocenters. The normalized spacial score (nSPS) is 12.4. The van der Waals surface area contributed by atoms with Crippen molar-refractivity contribution in [3.8, 4) is 5.75 Å². The number of methoxy groups -OCH3 is 1. The van der Waals surface area contributed by atoms with Gasteiger partial charge in [-0.3, -0.25) is 4.98 Å². The molecule has 84 valence electrons. The molecule has 2 aromatic rings. The molecule has 0 bridgehead atoms. The number of pyridine rings is 1. The van der Waals surface area contributed by atoms with Crippen molar-refractivity contribution in [2.75, 3.05) is 7.11 Å². The molecule has 2 heterocycles. The highest BCUT2D eigenvalue weighted by Crippen LogP contribution is 2.26. The third kappa shape index (κ3) is 2.53. The molecule has 0 saturated carbocycles. The molecule has 0 spiro atoms. The second-order valence-corrected chi connectivity index (χ2v) is 6.13. The predicted molar refractivity (Wildman–Crippen MR) is 73.9 cm³/mol. The Morgan fingerprint density at radius 3 is 2.81 bits per heavy atom. The zero-order chi connectivity index (χ0) is 11.5. The van der Waals surface area contributed by atoms with E-state index in [0.29, 0.717) is 0 Å². The maximum absolute atomic E-state index is 6.16. The monoisotopic (exact) mass is 346 g/mol. The third-order valence-electron chi connectivity index (χ3n) is 2.28. The standard InChI is InChI=1S/C11H11IN2OS/c1-15-9-2-7(4-14-5-9)11(13)8-3-10(12)16-6-8/h2-6,11H,13H2,1H3. The summed E-state index contributed by atoms with van der Waals surface area (Å²) in [5.41, 5.74) is 8.24. The molecule has 2 rings (SSSR count). The fourth-order valence-corrected chi connectivity index (χ4v) is 2.80. The summed E-state index contributed by atoms with van der Waals surface area (Å²) in [6, 6.07) is 3.87. The first-order chi connectivity index (χ1) is 7.70. The maximum atomic E-state index is 6.16. The highest BCUT2D eigenvalue weighted by atomic mass is 127. The van der Waals surface area contributed by atoms with Gasteiger partial charge in [0.1, 0.15) is 5.75 Å². The van der Waals surface area contributed by atoms with Gasteiger partial charge < -0.3 is 10.5 Å². The molecule has 0 radical (unpaired) electrons. The minimum absolute atomic E-state index is 0.137. The molecule has 2 aromatic heterocycles. The van der Waals surface area contributed by atoms with Crippen LogP contribution < -0.4 is 10.5 Å². The van der Waals surface area contributed by atoms with Crippen molar-refractivity contribution in [2.24, 2.45) is 5.73 Å². The summed E-state index contributed by atoms with van der Waals surface area (Å²) >= 11 is 3.98. The van der Waals surface area contributed by atoms with E-state index < -0.39 is 0 Å². The number of aromatic nitrogens is 1. The van der Waals surface area contributed by atoms with Gasteiger partial charge in [-0.05, 0) is 51.2 Å². The minimum Gasteiger partial charge on any atom is -0.495 e. The van der Waals surface area contributed by atoms with E-state index in [2.05, 4.69) is 39.0 Å². The number of halogens is 1. The van der Waals surface area contributed by atoms with Crippen LogP contribution in [0.2, 0.25) is 0 Å². The van der Waals surface area contributed by atoms with Crippen molar-refractivity contribution in [3.63, 3.8) is 0 Å². The zero-order valence-corrected chi connectivity index (χ0v) is 11.7. The van der Waals surface area contributed by atoms with Gasteiger partial charge in [-0.2, -0.15) is 0 Å². The molecule has 0 amide bonds. The molecule has 1 unspecified atom stereocenters. The van der Waals surface area contributed by atoms with Crippen LogP contribution in [0.25, 0.3) is 0 Å². The number of hydrogen-bond donors (Lipinski definition) is 1. The number of ether oxygens (including phenoxy) is 1. The van der Waals surface area contributed by atoms with E-state index in [4.69, 9.17) is 10.5 Å². The van der Waals surface area contributed by atoms with Crippen LogP contribution in [0.3, 0.4) is 0 Å². The summed E-state index contributed by atoms with van der Waals surface area (Å²) in [5.74, 6) is 0.734. The van der Waals surface area contributed by atoms with Crippen LogP contribution in [0, 0.1) is 2.88 Å². The van der Waals surface area contributed by atoms with E-state index in [0.717, 1.165) is 16.9 Å². The van der Waals surface area contributed by atoms with Crippen LogP contribution in [0.15, 0.2) is 29.9 Å². The first-order valence-electron chi connectivity index (χ1n) is 4.69. The topological polar surface area (TPSA) is 48.1 Å². The highest BCUT2D eigenvalue weighted by Gasteiger charge is 2.11. The van der Waals surface area contributed by atoms with Crippen molar-refractivity contribution in [1.82, 2.24) is 4.98 Å². The number of nitrogens with zero attached hydrogens (tertiary/aromatic N) is 1. The Morgan fingerprint density at radius 2 is 2.19 bits per heavy atom. The van der Waals surface area contributed by atoms with E-state index in [1.807, 2.05) is 6.07 Å². The molecular formula is C11H11IN2OS. The van der Waals surface area contributed by atoms with E-state index in [-0.39, 0.29) is 6.04 Å². The summed E-state index contributed by atoms with van der Waals surface area (Å²) in [5, 5.41) is 2.08. The van der Waals surface area contributed by atoms with Crippen LogP contribution >= 0.6 is 33.9 Å². The molecule has 5 heteroatoms. The van der Waals surface area contributed by atoms with Crippen LogP contribution in [-0.2, 0) is 0 Å². The van der Waals surface area contributed by atoms with Gasteiger partial charge in [-0.15, -0.1) is 11.3 Å². The molecule has 0 aromatic carbocycles. The first kappa shape index (κ1) is 11.8. The van der Waals surface area contributed by atoms with Crippen LogP contribution in [0.1, 0.15) is 17.2 Å². The lowest BCUT2D eigenvalue weighted by Crippen LogP contribution is -2.11. The molecule has 0 aliphatic carbocycles. The molecule has 3 nitrogen and oxygen atoms in total. The fourth-order valence-electron chi connectivity index (χ4n) is 1.40. The van der Waals surface area contributed by atoms with Crippen molar-refractivity contribution < 1.29 is 4.74 Å². The second kappa shape index (κ2) is 5.11. The molecule has 0 aliphatic rings. The highest BCUT2D eigenvalue weighted by molar-refractivity contribution is 14.1. The van der Waals surface area contributed by atoms with Gasteiger partial charge in [-0.1, -0.05) is 0 Å². The van der Waals surface area contributed by atoms with Crippen LogP contribution in [-0.4, -0.2) is 12.1 Å². The third-order valence-corrected chi connectivity index (χ3v) is 4.08. The number of rotatable bonds is 3. The Labute approximate surface area is 112 Å². The molecule has 16 heavy (non-hydrogen) atoms. The van der Waals surface area contributed by atoms with Crippen molar-refractivity contribution in [1.29, 1.82) is 0 Å².